The summed E-state index contributed by atoms with van der Waals surface area (Å²) >= 11 is 1.96. The fourth-order valence-corrected chi connectivity index (χ4v) is 4.67. The molecule has 0 bridgehead atoms. The number of likely N-dealkylation sites (tertiary alicyclic amines) is 1. The predicted molar refractivity (Wildman–Crippen MR) is 79.6 cm³/mol. The molecule has 1 aliphatic heterocycles. The molecule has 1 aromatic heterocycles. The molecule has 1 unspecified atom stereocenters. The van der Waals surface area contributed by atoms with Gasteiger partial charge in [0, 0.05) is 23.3 Å². The minimum atomic E-state index is 0. The first-order valence-electron chi connectivity index (χ1n) is 7.02. The summed E-state index contributed by atoms with van der Waals surface area (Å²) < 4.78 is 1.14. The Kier molecular flexibility index (Phi) is 3.67. The van der Waals surface area contributed by atoms with Gasteiger partial charge in [-0.2, -0.15) is 0 Å². The van der Waals surface area contributed by atoms with Crippen LogP contribution < -0.4 is 24.0 Å². The van der Waals surface area contributed by atoms with E-state index in [-0.39, 0.29) is 24.0 Å². The molecule has 1 aromatic carbocycles. The highest BCUT2D eigenvalue weighted by molar-refractivity contribution is 7.12. The zero-order valence-electron chi connectivity index (χ0n) is 11.9. The molecule has 2 aliphatic rings. The van der Waals surface area contributed by atoms with Gasteiger partial charge in [0.15, 0.2) is 0 Å². The maximum Gasteiger partial charge on any atom is 0.102 e. The quantitative estimate of drug-likeness (QED) is 0.424. The van der Waals surface area contributed by atoms with Crippen LogP contribution in [0.3, 0.4) is 0 Å². The van der Waals surface area contributed by atoms with Gasteiger partial charge in [-0.1, -0.05) is 24.3 Å². The third-order valence-corrected chi connectivity index (χ3v) is 5.70. The minimum Gasteiger partial charge on any atom is -1.00 e. The number of nitrogens with zero attached hydrogens (tertiary/aromatic N) is 2. The molecule has 0 spiro atoms. The first-order valence-corrected chi connectivity index (χ1v) is 7.84. The molecule has 0 N–H and O–H groups in total. The van der Waals surface area contributed by atoms with E-state index in [1.807, 2.05) is 11.3 Å². The van der Waals surface area contributed by atoms with Crippen molar-refractivity contribution >= 4 is 11.3 Å². The molecular formula is C16H19IN2S. The van der Waals surface area contributed by atoms with E-state index in [9.17, 15) is 0 Å². The number of benzene rings is 1. The van der Waals surface area contributed by atoms with Gasteiger partial charge in [-0.15, -0.1) is 11.3 Å². The van der Waals surface area contributed by atoms with Crippen molar-refractivity contribution in [3.8, 4) is 11.3 Å². The molecule has 20 heavy (non-hydrogen) atoms. The van der Waals surface area contributed by atoms with E-state index in [1.54, 1.807) is 0 Å². The lowest BCUT2D eigenvalue weighted by atomic mass is 10.1. The smallest absolute Gasteiger partial charge is 0.102 e. The molecular weight excluding hydrogens is 379 g/mol. The number of aromatic nitrogens is 1. The molecule has 106 valence electrons. The van der Waals surface area contributed by atoms with Crippen LogP contribution in [-0.2, 0) is 6.42 Å². The molecule has 2 aromatic rings. The largest absolute Gasteiger partial charge is 1.00 e. The number of hydrogen-bond acceptors (Lipinski definition) is 2. The van der Waals surface area contributed by atoms with Crippen LogP contribution in [0, 0.1) is 0 Å². The van der Waals surface area contributed by atoms with Gasteiger partial charge in [0.25, 0.3) is 0 Å². The fraction of sp³-hybridized carbons (Fsp3) is 0.438. The number of halogens is 1. The highest BCUT2D eigenvalue weighted by atomic mass is 127. The van der Waals surface area contributed by atoms with Crippen LogP contribution in [0.1, 0.15) is 27.8 Å². The number of rotatable bonds is 1. The van der Waals surface area contributed by atoms with E-state index in [1.165, 1.54) is 46.2 Å². The normalized spacial score (nSPS) is 22.2. The third-order valence-electron chi connectivity index (χ3n) is 4.48. The number of thiazole rings is 1. The van der Waals surface area contributed by atoms with E-state index in [0.29, 0.717) is 5.92 Å². The maximum atomic E-state index is 4.99. The zero-order chi connectivity index (χ0) is 13.0. The second-order valence-electron chi connectivity index (χ2n) is 6.49. The Bertz CT molecular complexity index is 648. The van der Waals surface area contributed by atoms with Crippen molar-refractivity contribution in [3.05, 3.63) is 39.7 Å². The van der Waals surface area contributed by atoms with Crippen molar-refractivity contribution in [1.82, 2.24) is 4.98 Å². The van der Waals surface area contributed by atoms with Gasteiger partial charge in [0.2, 0.25) is 0 Å². The Morgan fingerprint density at radius 1 is 1.25 bits per heavy atom. The molecule has 4 rings (SSSR count). The van der Waals surface area contributed by atoms with Crippen LogP contribution in [0.5, 0.6) is 0 Å². The first kappa shape index (κ1) is 14.5. The van der Waals surface area contributed by atoms with Crippen molar-refractivity contribution in [2.75, 3.05) is 27.2 Å². The van der Waals surface area contributed by atoms with E-state index in [2.05, 4.69) is 38.4 Å². The molecule has 0 amide bonds. The molecule has 0 radical (unpaired) electrons. The Balaban J connectivity index is 0.00000121. The van der Waals surface area contributed by atoms with Gasteiger partial charge in [0.05, 0.1) is 38.8 Å². The van der Waals surface area contributed by atoms with Gasteiger partial charge in [-0.3, -0.25) is 0 Å². The van der Waals surface area contributed by atoms with Gasteiger partial charge < -0.3 is 28.5 Å². The summed E-state index contributed by atoms with van der Waals surface area (Å²) in [6, 6.07) is 8.72. The molecule has 1 fully saturated rings. The molecule has 4 heteroatoms. The van der Waals surface area contributed by atoms with Crippen LogP contribution in [0.15, 0.2) is 24.3 Å². The van der Waals surface area contributed by atoms with Crippen molar-refractivity contribution in [1.29, 1.82) is 0 Å². The third kappa shape index (κ3) is 2.31. The lowest BCUT2D eigenvalue weighted by Gasteiger charge is -2.22. The van der Waals surface area contributed by atoms with E-state index >= 15 is 0 Å². The topological polar surface area (TPSA) is 12.9 Å². The van der Waals surface area contributed by atoms with Crippen molar-refractivity contribution in [2.24, 2.45) is 0 Å². The van der Waals surface area contributed by atoms with E-state index in [4.69, 9.17) is 4.98 Å². The number of likely N-dealkylation sites (N-methyl/N-ethyl adjacent to an activating group) is 1. The second-order valence-corrected chi connectivity index (χ2v) is 7.60. The fourth-order valence-electron chi connectivity index (χ4n) is 3.44. The average Bonchev–Trinajstić information content (AvgIpc) is 3.00. The summed E-state index contributed by atoms with van der Waals surface area (Å²) in [5, 5.41) is 1.38. The summed E-state index contributed by atoms with van der Waals surface area (Å²) in [5.74, 6) is 0.678. The SMILES string of the molecule is C[N+]1(C)CCC(c2nc3c(s2)Cc2ccccc2-3)C1.[I-]. The second kappa shape index (κ2) is 5.07. The Labute approximate surface area is 141 Å². The maximum absolute atomic E-state index is 4.99. The molecule has 2 heterocycles. The van der Waals surface area contributed by atoms with Crippen LogP contribution in [0.25, 0.3) is 11.3 Å². The Morgan fingerprint density at radius 2 is 2.05 bits per heavy atom. The zero-order valence-corrected chi connectivity index (χ0v) is 14.9. The summed E-state index contributed by atoms with van der Waals surface area (Å²) in [7, 11) is 4.66. The molecule has 1 aliphatic carbocycles. The van der Waals surface area contributed by atoms with Gasteiger partial charge in [-0.25, -0.2) is 4.98 Å². The lowest BCUT2D eigenvalue weighted by molar-refractivity contribution is -0.878. The standard InChI is InChI=1S/C16H19N2S.HI/c1-18(2)8-7-12(10-18)16-17-15-13-6-4-3-5-11(13)9-14(15)19-16;/h3-6,12H,7-10H2,1-2H3;1H/q+1;/p-1. The summed E-state index contributed by atoms with van der Waals surface area (Å²) in [6.45, 7) is 2.53. The predicted octanol–water partition coefficient (Wildman–Crippen LogP) is 0.282. The first-order chi connectivity index (χ1) is 9.12. The van der Waals surface area contributed by atoms with Crippen LogP contribution >= 0.6 is 11.3 Å². The monoisotopic (exact) mass is 398 g/mol. The van der Waals surface area contributed by atoms with Crippen molar-refractivity contribution in [2.45, 2.75) is 18.8 Å². The number of fused-ring (bicyclic) bond motifs is 3. The Hall–Kier alpha value is -0.460. The van der Waals surface area contributed by atoms with Crippen LogP contribution in [-0.4, -0.2) is 36.7 Å². The van der Waals surface area contributed by atoms with E-state index < -0.39 is 0 Å². The van der Waals surface area contributed by atoms with Crippen molar-refractivity contribution in [3.63, 3.8) is 0 Å². The molecule has 1 atom stereocenters. The van der Waals surface area contributed by atoms with E-state index in [0.717, 1.165) is 10.9 Å². The average molecular weight is 398 g/mol. The van der Waals surface area contributed by atoms with Gasteiger partial charge in [-0.05, 0) is 5.56 Å². The highest BCUT2D eigenvalue weighted by Crippen LogP contribution is 2.42. The molecule has 1 saturated heterocycles. The summed E-state index contributed by atoms with van der Waals surface area (Å²) in [6.07, 6.45) is 2.38. The van der Waals surface area contributed by atoms with Gasteiger partial charge in [0.1, 0.15) is 5.01 Å². The Morgan fingerprint density at radius 3 is 2.80 bits per heavy atom. The van der Waals surface area contributed by atoms with Gasteiger partial charge >= 0.3 is 0 Å². The number of hydrogen-bond donors (Lipinski definition) is 0. The minimum absolute atomic E-state index is 0. The van der Waals surface area contributed by atoms with Crippen LogP contribution in [0.2, 0.25) is 0 Å². The highest BCUT2D eigenvalue weighted by Gasteiger charge is 2.35. The summed E-state index contributed by atoms with van der Waals surface area (Å²) in [5.41, 5.74) is 4.09. The van der Waals surface area contributed by atoms with Crippen molar-refractivity contribution < 1.29 is 28.5 Å². The van der Waals surface area contributed by atoms with Crippen LogP contribution in [0.4, 0.5) is 0 Å². The number of quaternary nitrogens is 1. The summed E-state index contributed by atoms with van der Waals surface area (Å²) in [4.78, 5) is 6.47. The molecule has 0 saturated carbocycles. The molecule has 2 nitrogen and oxygen atoms in total. The lowest BCUT2D eigenvalue weighted by Crippen LogP contribution is -3.00.